The molecule has 4 amide bonds. The molecule has 0 radical (unpaired) electrons. The van der Waals surface area contributed by atoms with Crippen LogP contribution in [0.15, 0.2) is 18.2 Å². The van der Waals surface area contributed by atoms with Gasteiger partial charge < -0.3 is 10.2 Å². The van der Waals surface area contributed by atoms with Gasteiger partial charge in [-0.3, -0.25) is 24.5 Å². The van der Waals surface area contributed by atoms with Gasteiger partial charge >= 0.3 is 0 Å². The quantitative estimate of drug-likeness (QED) is 0.753. The number of carbonyl (C=O) groups is 4. The van der Waals surface area contributed by atoms with E-state index >= 15 is 0 Å². The predicted octanol–water partition coefficient (Wildman–Crippen LogP) is 0.516. The molecular weight excluding hydrogens is 334 g/mol. The molecular formula is C19H21N3O4. The number of hydrogen-bond donors (Lipinski definition) is 2. The molecule has 1 atom stereocenters. The number of rotatable bonds is 5. The van der Waals surface area contributed by atoms with Gasteiger partial charge in [0.1, 0.15) is 6.04 Å². The molecule has 1 unspecified atom stereocenters. The highest BCUT2D eigenvalue weighted by Crippen LogP contribution is 2.29. The average Bonchev–Trinajstić information content (AvgIpc) is 3.37. The maximum absolute atomic E-state index is 12.6. The highest BCUT2D eigenvalue weighted by atomic mass is 16.2. The number of fused-ring (bicyclic) bond motifs is 1. The number of benzene rings is 1. The molecule has 136 valence electrons. The molecule has 2 fully saturated rings. The molecule has 7 heteroatoms. The standard InChI is InChI=1S/C19H21N3O4/c23-16-6-5-15(18(25)21-16)22-10-13-7-12(3-4-14(13)19(22)26)8-17(24)20-9-11-1-2-11/h3-4,7,11,15H,1-2,5-6,8-10H2,(H,20,24)(H,21,23,25). The minimum Gasteiger partial charge on any atom is -0.356 e. The summed E-state index contributed by atoms with van der Waals surface area (Å²) in [6.45, 7) is 1.07. The predicted molar refractivity (Wildman–Crippen MR) is 91.9 cm³/mol. The van der Waals surface area contributed by atoms with Crippen molar-refractivity contribution in [2.75, 3.05) is 6.54 Å². The zero-order valence-electron chi connectivity index (χ0n) is 14.4. The van der Waals surface area contributed by atoms with E-state index in [4.69, 9.17) is 0 Å². The first-order chi connectivity index (χ1) is 12.5. The molecule has 0 spiro atoms. The van der Waals surface area contributed by atoms with Crippen LogP contribution in [0.5, 0.6) is 0 Å². The second-order valence-electron chi connectivity index (χ2n) is 7.32. The van der Waals surface area contributed by atoms with E-state index in [9.17, 15) is 19.2 Å². The van der Waals surface area contributed by atoms with Crippen LogP contribution in [-0.4, -0.2) is 41.1 Å². The van der Waals surface area contributed by atoms with Gasteiger partial charge in [-0.15, -0.1) is 0 Å². The molecule has 0 aromatic heterocycles. The third kappa shape index (κ3) is 3.34. The lowest BCUT2D eigenvalue weighted by atomic mass is 10.0. The topological polar surface area (TPSA) is 95.6 Å². The Kier molecular flexibility index (Phi) is 4.22. The van der Waals surface area contributed by atoms with Crippen LogP contribution in [0.25, 0.3) is 0 Å². The summed E-state index contributed by atoms with van der Waals surface area (Å²) in [4.78, 5) is 49.5. The number of imide groups is 1. The summed E-state index contributed by atoms with van der Waals surface area (Å²) in [6.07, 6.45) is 3.26. The van der Waals surface area contributed by atoms with Crippen molar-refractivity contribution in [3.8, 4) is 0 Å². The lowest BCUT2D eigenvalue weighted by Gasteiger charge is -2.29. The van der Waals surface area contributed by atoms with Gasteiger partial charge in [0.15, 0.2) is 0 Å². The Labute approximate surface area is 151 Å². The van der Waals surface area contributed by atoms with Crippen molar-refractivity contribution < 1.29 is 19.2 Å². The molecule has 1 aromatic carbocycles. The number of nitrogens with zero attached hydrogens (tertiary/aromatic N) is 1. The van der Waals surface area contributed by atoms with Gasteiger partial charge in [0.25, 0.3) is 5.91 Å². The number of carbonyl (C=O) groups excluding carboxylic acids is 4. The average molecular weight is 355 g/mol. The smallest absolute Gasteiger partial charge is 0.255 e. The molecule has 1 aromatic rings. The van der Waals surface area contributed by atoms with Crippen LogP contribution in [0.1, 0.15) is 47.2 Å². The lowest BCUT2D eigenvalue weighted by molar-refractivity contribution is -0.137. The third-order valence-electron chi connectivity index (χ3n) is 5.24. The molecule has 2 heterocycles. The fourth-order valence-corrected chi connectivity index (χ4v) is 3.57. The first kappa shape index (κ1) is 16.8. The lowest BCUT2D eigenvalue weighted by Crippen LogP contribution is -2.52. The van der Waals surface area contributed by atoms with Gasteiger partial charge in [-0.2, -0.15) is 0 Å². The normalized spacial score (nSPS) is 22.2. The Hall–Kier alpha value is -2.70. The molecule has 2 aliphatic heterocycles. The summed E-state index contributed by atoms with van der Waals surface area (Å²) in [5.41, 5.74) is 2.25. The van der Waals surface area contributed by atoms with Crippen LogP contribution in [0.2, 0.25) is 0 Å². The fourth-order valence-electron chi connectivity index (χ4n) is 3.57. The van der Waals surface area contributed by atoms with Crippen molar-refractivity contribution in [1.82, 2.24) is 15.5 Å². The third-order valence-corrected chi connectivity index (χ3v) is 5.24. The number of amides is 4. The summed E-state index contributed by atoms with van der Waals surface area (Å²) in [5.74, 6) is -0.280. The summed E-state index contributed by atoms with van der Waals surface area (Å²) in [5, 5.41) is 5.23. The fraction of sp³-hybridized carbons (Fsp3) is 0.474. The first-order valence-corrected chi connectivity index (χ1v) is 9.04. The Bertz CT molecular complexity index is 800. The largest absolute Gasteiger partial charge is 0.356 e. The van der Waals surface area contributed by atoms with Gasteiger partial charge in [-0.1, -0.05) is 12.1 Å². The molecule has 1 saturated heterocycles. The van der Waals surface area contributed by atoms with E-state index in [2.05, 4.69) is 10.6 Å². The second-order valence-corrected chi connectivity index (χ2v) is 7.32. The van der Waals surface area contributed by atoms with Crippen LogP contribution < -0.4 is 10.6 Å². The van der Waals surface area contributed by atoms with Crippen molar-refractivity contribution in [3.63, 3.8) is 0 Å². The summed E-state index contributed by atoms with van der Waals surface area (Å²) in [7, 11) is 0. The Morgan fingerprint density at radius 2 is 2.00 bits per heavy atom. The van der Waals surface area contributed by atoms with E-state index in [0.29, 0.717) is 24.4 Å². The molecule has 7 nitrogen and oxygen atoms in total. The van der Waals surface area contributed by atoms with Crippen molar-refractivity contribution in [1.29, 1.82) is 0 Å². The van der Waals surface area contributed by atoms with Crippen LogP contribution in [0.4, 0.5) is 0 Å². The highest BCUT2D eigenvalue weighted by molar-refractivity contribution is 6.05. The van der Waals surface area contributed by atoms with E-state index in [-0.39, 0.29) is 30.6 Å². The Morgan fingerprint density at radius 1 is 1.19 bits per heavy atom. The molecule has 0 bridgehead atoms. The van der Waals surface area contributed by atoms with Crippen molar-refractivity contribution in [2.45, 2.75) is 44.7 Å². The maximum Gasteiger partial charge on any atom is 0.255 e. The van der Waals surface area contributed by atoms with E-state index < -0.39 is 11.9 Å². The minimum atomic E-state index is -0.613. The molecule has 1 saturated carbocycles. The second kappa shape index (κ2) is 6.55. The highest BCUT2D eigenvalue weighted by Gasteiger charge is 2.39. The maximum atomic E-state index is 12.6. The SMILES string of the molecule is O=C(Cc1ccc2c(c1)CN(C1CCC(=O)NC1=O)C2=O)NCC1CC1. The van der Waals surface area contributed by atoms with Crippen molar-refractivity contribution in [3.05, 3.63) is 34.9 Å². The Balaban J connectivity index is 1.43. The molecule has 1 aliphatic carbocycles. The van der Waals surface area contributed by atoms with Gasteiger partial charge in [0, 0.05) is 25.1 Å². The van der Waals surface area contributed by atoms with Crippen LogP contribution in [0.3, 0.4) is 0 Å². The summed E-state index contributed by atoms with van der Waals surface area (Å²) < 4.78 is 0. The van der Waals surface area contributed by atoms with Crippen LogP contribution in [0, 0.1) is 5.92 Å². The zero-order valence-corrected chi connectivity index (χ0v) is 14.4. The van der Waals surface area contributed by atoms with E-state index in [1.807, 2.05) is 6.07 Å². The summed E-state index contributed by atoms with van der Waals surface area (Å²) >= 11 is 0. The van der Waals surface area contributed by atoms with E-state index in [0.717, 1.165) is 17.7 Å². The van der Waals surface area contributed by atoms with Gasteiger partial charge in [-0.25, -0.2) is 0 Å². The van der Waals surface area contributed by atoms with Crippen LogP contribution >= 0.6 is 0 Å². The van der Waals surface area contributed by atoms with E-state index in [1.165, 1.54) is 17.7 Å². The number of piperidine rings is 1. The summed E-state index contributed by atoms with van der Waals surface area (Å²) in [6, 6.07) is 4.78. The van der Waals surface area contributed by atoms with Gasteiger partial charge in [0.05, 0.1) is 6.42 Å². The first-order valence-electron chi connectivity index (χ1n) is 9.04. The van der Waals surface area contributed by atoms with Gasteiger partial charge in [-0.05, 0) is 42.4 Å². The molecule has 26 heavy (non-hydrogen) atoms. The molecule has 4 rings (SSSR count). The molecule has 2 N–H and O–H groups in total. The monoisotopic (exact) mass is 355 g/mol. The zero-order chi connectivity index (χ0) is 18.3. The van der Waals surface area contributed by atoms with Crippen molar-refractivity contribution >= 4 is 23.6 Å². The van der Waals surface area contributed by atoms with Crippen molar-refractivity contribution in [2.24, 2.45) is 5.92 Å². The van der Waals surface area contributed by atoms with Crippen LogP contribution in [-0.2, 0) is 27.3 Å². The Morgan fingerprint density at radius 3 is 2.73 bits per heavy atom. The van der Waals surface area contributed by atoms with Gasteiger partial charge in [0.2, 0.25) is 17.7 Å². The minimum absolute atomic E-state index is 0.0109. The van der Waals surface area contributed by atoms with E-state index in [1.54, 1.807) is 12.1 Å². The number of nitrogens with one attached hydrogen (secondary N) is 2. The molecule has 3 aliphatic rings. The number of hydrogen-bond acceptors (Lipinski definition) is 4.